The van der Waals surface area contributed by atoms with Crippen molar-refractivity contribution in [2.75, 3.05) is 0 Å². The Hall–Kier alpha value is -1.31. The van der Waals surface area contributed by atoms with Crippen molar-refractivity contribution in [3.05, 3.63) is 42.7 Å². The zero-order valence-electron chi connectivity index (χ0n) is 10.3. The number of hydrogen-bond donors (Lipinski definition) is 1. The summed E-state index contributed by atoms with van der Waals surface area (Å²) in [5.74, 6) is 0. The molecule has 3 heterocycles. The molecule has 1 unspecified atom stereocenters. The summed E-state index contributed by atoms with van der Waals surface area (Å²) in [6, 6.07) is 1.72. The van der Waals surface area contributed by atoms with E-state index in [2.05, 4.69) is 9.97 Å². The van der Waals surface area contributed by atoms with Gasteiger partial charge in [0.15, 0.2) is 4.77 Å². The highest BCUT2D eigenvalue weighted by Gasteiger charge is 2.16. The van der Waals surface area contributed by atoms with E-state index in [1.54, 1.807) is 15.9 Å². The van der Waals surface area contributed by atoms with Gasteiger partial charge in [0.25, 0.3) is 5.56 Å². The van der Waals surface area contributed by atoms with Crippen LogP contribution in [-0.4, -0.2) is 14.5 Å². The van der Waals surface area contributed by atoms with E-state index < -0.39 is 0 Å². The summed E-state index contributed by atoms with van der Waals surface area (Å²) in [4.78, 5) is 20.0. The standard InChI is InChI=1S/C12H11N3OS3/c1-6-5-19-10(13-6)7(2)15-11(16)9-8(3-4-18-9)14-12(15)17/h3-5,7H,1-2H3,(H,14,17). The van der Waals surface area contributed by atoms with Gasteiger partial charge in [0.05, 0.1) is 11.6 Å². The van der Waals surface area contributed by atoms with Gasteiger partial charge in [-0.3, -0.25) is 9.36 Å². The highest BCUT2D eigenvalue weighted by molar-refractivity contribution is 7.71. The second-order valence-electron chi connectivity index (χ2n) is 4.27. The third-order valence-corrected chi connectivity index (χ3v) is 5.25. The molecule has 0 aliphatic rings. The lowest BCUT2D eigenvalue weighted by atomic mass is 10.3. The maximum Gasteiger partial charge on any atom is 0.272 e. The molecule has 3 aromatic rings. The average molecular weight is 309 g/mol. The normalized spacial score (nSPS) is 12.9. The van der Waals surface area contributed by atoms with Gasteiger partial charge < -0.3 is 4.98 Å². The van der Waals surface area contributed by atoms with Gasteiger partial charge >= 0.3 is 0 Å². The van der Waals surface area contributed by atoms with Crippen LogP contribution in [0.25, 0.3) is 10.2 Å². The Morgan fingerprint density at radius 1 is 1.47 bits per heavy atom. The molecule has 19 heavy (non-hydrogen) atoms. The molecule has 0 saturated heterocycles. The van der Waals surface area contributed by atoms with E-state index in [-0.39, 0.29) is 11.6 Å². The number of thiazole rings is 1. The molecule has 1 N–H and O–H groups in total. The van der Waals surface area contributed by atoms with Crippen LogP contribution in [0.1, 0.15) is 23.7 Å². The van der Waals surface area contributed by atoms with Crippen LogP contribution < -0.4 is 5.56 Å². The molecule has 0 aliphatic carbocycles. The molecule has 0 radical (unpaired) electrons. The Morgan fingerprint density at radius 2 is 2.26 bits per heavy atom. The molecule has 7 heteroatoms. The lowest BCUT2D eigenvalue weighted by molar-refractivity contribution is 0.596. The van der Waals surface area contributed by atoms with Crippen molar-refractivity contribution in [3.63, 3.8) is 0 Å². The van der Waals surface area contributed by atoms with E-state index in [9.17, 15) is 4.79 Å². The zero-order valence-corrected chi connectivity index (χ0v) is 12.8. The first-order valence-corrected chi connectivity index (χ1v) is 7.88. The topological polar surface area (TPSA) is 50.7 Å². The van der Waals surface area contributed by atoms with Gasteiger partial charge in [-0.2, -0.15) is 0 Å². The van der Waals surface area contributed by atoms with Gasteiger partial charge in [0.2, 0.25) is 0 Å². The molecule has 3 aromatic heterocycles. The first kappa shape index (κ1) is 12.7. The van der Waals surface area contributed by atoms with Gasteiger partial charge in [-0.1, -0.05) is 0 Å². The van der Waals surface area contributed by atoms with E-state index in [0.29, 0.717) is 9.47 Å². The largest absolute Gasteiger partial charge is 0.331 e. The van der Waals surface area contributed by atoms with Crippen LogP contribution in [0.4, 0.5) is 0 Å². The lowest BCUT2D eigenvalue weighted by Crippen LogP contribution is -2.25. The van der Waals surface area contributed by atoms with Crippen molar-refractivity contribution < 1.29 is 0 Å². The minimum absolute atomic E-state index is 0.0471. The van der Waals surface area contributed by atoms with Crippen molar-refractivity contribution in [2.24, 2.45) is 0 Å². The highest BCUT2D eigenvalue weighted by atomic mass is 32.1. The van der Waals surface area contributed by atoms with Crippen LogP contribution in [0, 0.1) is 11.7 Å². The van der Waals surface area contributed by atoms with E-state index in [1.165, 1.54) is 11.3 Å². The van der Waals surface area contributed by atoms with Crippen LogP contribution in [-0.2, 0) is 0 Å². The molecule has 0 amide bonds. The Bertz CT molecular complexity index is 855. The first-order valence-electron chi connectivity index (χ1n) is 5.72. The number of aromatic nitrogens is 3. The second kappa shape index (κ2) is 4.66. The number of fused-ring (bicyclic) bond motifs is 1. The molecule has 1 atom stereocenters. The Balaban J connectivity index is 2.25. The maximum absolute atomic E-state index is 12.5. The van der Waals surface area contributed by atoms with Crippen molar-refractivity contribution >= 4 is 45.1 Å². The lowest BCUT2D eigenvalue weighted by Gasteiger charge is -2.12. The summed E-state index contributed by atoms with van der Waals surface area (Å²) < 4.78 is 2.75. The fourth-order valence-corrected chi connectivity index (χ4v) is 3.96. The molecule has 0 bridgehead atoms. The van der Waals surface area contributed by atoms with Crippen LogP contribution in [0.5, 0.6) is 0 Å². The van der Waals surface area contributed by atoms with E-state index in [1.807, 2.05) is 30.7 Å². The first-order chi connectivity index (χ1) is 9.08. The number of rotatable bonds is 2. The summed E-state index contributed by atoms with van der Waals surface area (Å²) in [5.41, 5.74) is 1.72. The van der Waals surface area contributed by atoms with Crippen LogP contribution >= 0.6 is 34.9 Å². The minimum Gasteiger partial charge on any atom is -0.331 e. The average Bonchev–Trinajstić information content (AvgIpc) is 2.97. The molecule has 98 valence electrons. The predicted octanol–water partition coefficient (Wildman–Crippen LogP) is 3.49. The minimum atomic E-state index is -0.151. The fourth-order valence-electron chi connectivity index (χ4n) is 1.98. The van der Waals surface area contributed by atoms with Crippen molar-refractivity contribution in [1.29, 1.82) is 0 Å². The van der Waals surface area contributed by atoms with Gasteiger partial charge in [-0.15, -0.1) is 22.7 Å². The smallest absolute Gasteiger partial charge is 0.272 e. The van der Waals surface area contributed by atoms with Gasteiger partial charge in [-0.05, 0) is 37.5 Å². The van der Waals surface area contributed by atoms with Gasteiger partial charge in [0.1, 0.15) is 9.71 Å². The number of nitrogens with zero attached hydrogens (tertiary/aromatic N) is 2. The molecular weight excluding hydrogens is 298 g/mol. The molecule has 0 fully saturated rings. The van der Waals surface area contributed by atoms with Crippen LogP contribution in [0.15, 0.2) is 21.6 Å². The molecule has 4 nitrogen and oxygen atoms in total. The van der Waals surface area contributed by atoms with Crippen molar-refractivity contribution in [3.8, 4) is 0 Å². The molecule has 0 aliphatic heterocycles. The van der Waals surface area contributed by atoms with E-state index in [4.69, 9.17) is 12.2 Å². The van der Waals surface area contributed by atoms with Gasteiger partial charge in [0, 0.05) is 11.1 Å². The number of H-pyrrole nitrogens is 1. The van der Waals surface area contributed by atoms with E-state index in [0.717, 1.165) is 16.2 Å². The SMILES string of the molecule is Cc1csc(C(C)n2c(=S)[nH]c3ccsc3c2=O)n1. The predicted molar refractivity (Wildman–Crippen MR) is 81.9 cm³/mol. The molecule has 0 spiro atoms. The summed E-state index contributed by atoms with van der Waals surface area (Å²) in [5, 5.41) is 4.77. The summed E-state index contributed by atoms with van der Waals surface area (Å²) >= 11 is 8.28. The Morgan fingerprint density at radius 3 is 2.95 bits per heavy atom. The number of aromatic amines is 1. The second-order valence-corrected chi connectivity index (χ2v) is 6.46. The van der Waals surface area contributed by atoms with Crippen LogP contribution in [0.3, 0.4) is 0 Å². The summed E-state index contributed by atoms with van der Waals surface area (Å²) in [7, 11) is 0. The van der Waals surface area contributed by atoms with Crippen molar-refractivity contribution in [2.45, 2.75) is 19.9 Å². The molecule has 3 rings (SSSR count). The van der Waals surface area contributed by atoms with E-state index >= 15 is 0 Å². The number of aryl methyl sites for hydroxylation is 1. The number of thiophene rings is 1. The van der Waals surface area contributed by atoms with Crippen LogP contribution in [0.2, 0.25) is 0 Å². The highest BCUT2D eigenvalue weighted by Crippen LogP contribution is 2.22. The molecular formula is C12H11N3OS3. The Kier molecular flexibility index (Phi) is 3.12. The maximum atomic E-state index is 12.5. The van der Waals surface area contributed by atoms with Crippen molar-refractivity contribution in [1.82, 2.24) is 14.5 Å². The third-order valence-electron chi connectivity index (χ3n) is 2.92. The number of nitrogens with one attached hydrogen (secondary N) is 1. The fraction of sp³-hybridized carbons (Fsp3) is 0.250. The molecule has 0 saturated carbocycles. The summed E-state index contributed by atoms with van der Waals surface area (Å²) in [6.07, 6.45) is 0. The Labute approximate surface area is 122 Å². The van der Waals surface area contributed by atoms with Gasteiger partial charge in [-0.25, -0.2) is 4.98 Å². The monoisotopic (exact) mass is 309 g/mol. The third kappa shape index (κ3) is 2.07. The quantitative estimate of drug-likeness (QED) is 0.737. The zero-order chi connectivity index (χ0) is 13.6. The summed E-state index contributed by atoms with van der Waals surface area (Å²) in [6.45, 7) is 3.89. The molecule has 0 aromatic carbocycles. The number of hydrogen-bond acceptors (Lipinski definition) is 5.